The van der Waals surface area contributed by atoms with Crippen molar-refractivity contribution in [2.45, 2.75) is 31.9 Å². The highest BCUT2D eigenvalue weighted by atomic mass is 32.1. The maximum absolute atomic E-state index is 13.1. The van der Waals surface area contributed by atoms with E-state index in [2.05, 4.69) is 10.3 Å². The lowest BCUT2D eigenvalue weighted by Crippen LogP contribution is -2.54. The van der Waals surface area contributed by atoms with Gasteiger partial charge >= 0.3 is 0 Å². The number of aryl methyl sites for hydroxylation is 1. The molecule has 0 radical (unpaired) electrons. The van der Waals surface area contributed by atoms with Gasteiger partial charge in [-0.2, -0.15) is 0 Å². The summed E-state index contributed by atoms with van der Waals surface area (Å²) in [4.78, 5) is 17.3. The third-order valence-corrected chi connectivity index (χ3v) is 5.79. The van der Waals surface area contributed by atoms with E-state index in [4.69, 9.17) is 13.9 Å². The zero-order valence-corrected chi connectivity index (χ0v) is 16.4. The van der Waals surface area contributed by atoms with Crippen molar-refractivity contribution in [3.05, 3.63) is 46.1 Å². The number of thiazole rings is 1. The summed E-state index contributed by atoms with van der Waals surface area (Å²) in [5, 5.41) is 16.3. The molecule has 8 heteroatoms. The molecule has 0 bridgehead atoms. The van der Waals surface area contributed by atoms with Crippen LogP contribution in [0.4, 0.5) is 0 Å². The maximum atomic E-state index is 13.1. The standard InChI is InChI=1S/C20H22N2O5S/c1-13-18(19(24)22-20(12-23)4-7-25-8-5-20)15-10-14(2-3-16(15)27-13)26-11-17-21-6-9-28-17/h2-3,6,9-10,23H,4-5,7-8,11-12H2,1H3,(H,22,24). The number of ether oxygens (including phenoxy) is 2. The number of nitrogens with zero attached hydrogens (tertiary/aromatic N) is 1. The van der Waals surface area contributed by atoms with Gasteiger partial charge in [-0.05, 0) is 38.0 Å². The molecule has 0 atom stereocenters. The Labute approximate surface area is 166 Å². The van der Waals surface area contributed by atoms with Crippen LogP contribution in [0.25, 0.3) is 11.0 Å². The van der Waals surface area contributed by atoms with Crippen LogP contribution in [0.1, 0.15) is 34.0 Å². The predicted molar refractivity (Wildman–Crippen MR) is 105 cm³/mol. The van der Waals surface area contributed by atoms with Crippen LogP contribution < -0.4 is 10.1 Å². The van der Waals surface area contributed by atoms with Crippen LogP contribution in [0.3, 0.4) is 0 Å². The van der Waals surface area contributed by atoms with Gasteiger partial charge in [-0.1, -0.05) is 0 Å². The first-order valence-corrected chi connectivity index (χ1v) is 10.0. The van der Waals surface area contributed by atoms with Gasteiger partial charge < -0.3 is 24.3 Å². The Bertz CT molecular complexity index is 961. The Morgan fingerprint density at radius 3 is 2.93 bits per heavy atom. The number of benzene rings is 1. The van der Waals surface area contributed by atoms with Crippen LogP contribution in [-0.2, 0) is 11.3 Å². The summed E-state index contributed by atoms with van der Waals surface area (Å²) in [6, 6.07) is 5.42. The minimum Gasteiger partial charge on any atom is -0.486 e. The SMILES string of the molecule is Cc1oc2ccc(OCc3nccs3)cc2c1C(=O)NC1(CO)CCOCC1. The number of fused-ring (bicyclic) bond motifs is 1. The predicted octanol–water partition coefficient (Wildman–Crippen LogP) is 3.05. The number of hydrogen-bond donors (Lipinski definition) is 2. The van der Waals surface area contributed by atoms with Gasteiger partial charge in [0.25, 0.3) is 5.91 Å². The molecular weight excluding hydrogens is 380 g/mol. The highest BCUT2D eigenvalue weighted by molar-refractivity contribution is 7.09. The van der Waals surface area contributed by atoms with Crippen LogP contribution in [0.5, 0.6) is 5.75 Å². The van der Waals surface area contributed by atoms with Crippen molar-refractivity contribution in [1.29, 1.82) is 0 Å². The lowest BCUT2D eigenvalue weighted by molar-refractivity contribution is 0.0125. The minimum absolute atomic E-state index is 0.126. The second-order valence-electron chi connectivity index (χ2n) is 6.91. The molecule has 0 aliphatic carbocycles. The molecule has 2 N–H and O–H groups in total. The van der Waals surface area contributed by atoms with E-state index in [1.807, 2.05) is 17.5 Å². The molecule has 2 aromatic heterocycles. The largest absolute Gasteiger partial charge is 0.486 e. The molecule has 0 saturated carbocycles. The van der Waals surface area contributed by atoms with Crippen molar-refractivity contribution in [3.8, 4) is 5.75 Å². The number of rotatable bonds is 6. The van der Waals surface area contributed by atoms with Gasteiger partial charge in [0.1, 0.15) is 28.7 Å². The zero-order chi connectivity index (χ0) is 19.6. The Morgan fingerprint density at radius 2 is 2.21 bits per heavy atom. The van der Waals surface area contributed by atoms with E-state index in [1.165, 1.54) is 11.3 Å². The molecule has 148 valence electrons. The third-order valence-electron chi connectivity index (χ3n) is 5.04. The monoisotopic (exact) mass is 402 g/mol. The third kappa shape index (κ3) is 3.76. The van der Waals surface area contributed by atoms with E-state index in [0.29, 0.717) is 60.7 Å². The quantitative estimate of drug-likeness (QED) is 0.658. The van der Waals surface area contributed by atoms with Crippen LogP contribution >= 0.6 is 11.3 Å². The number of nitrogens with one attached hydrogen (secondary N) is 1. The first-order valence-electron chi connectivity index (χ1n) is 9.16. The molecule has 1 aromatic carbocycles. The number of amides is 1. The highest BCUT2D eigenvalue weighted by Crippen LogP contribution is 2.30. The van der Waals surface area contributed by atoms with E-state index < -0.39 is 5.54 Å². The van der Waals surface area contributed by atoms with Crippen molar-refractivity contribution in [3.63, 3.8) is 0 Å². The molecule has 0 unspecified atom stereocenters. The number of aliphatic hydroxyl groups excluding tert-OH is 1. The number of aliphatic hydroxyl groups is 1. The summed E-state index contributed by atoms with van der Waals surface area (Å²) in [7, 11) is 0. The van der Waals surface area contributed by atoms with E-state index in [0.717, 1.165) is 5.01 Å². The minimum atomic E-state index is -0.662. The molecule has 1 amide bonds. The Hall–Kier alpha value is -2.42. The molecule has 28 heavy (non-hydrogen) atoms. The fraction of sp³-hybridized carbons (Fsp3) is 0.400. The van der Waals surface area contributed by atoms with Gasteiger partial charge in [0.15, 0.2) is 0 Å². The fourth-order valence-corrected chi connectivity index (χ4v) is 3.96. The van der Waals surface area contributed by atoms with Crippen molar-refractivity contribution in [2.75, 3.05) is 19.8 Å². The first-order chi connectivity index (χ1) is 13.6. The molecule has 0 spiro atoms. The lowest BCUT2D eigenvalue weighted by Gasteiger charge is -2.36. The summed E-state index contributed by atoms with van der Waals surface area (Å²) in [6.07, 6.45) is 2.89. The molecule has 1 fully saturated rings. The van der Waals surface area contributed by atoms with Crippen molar-refractivity contribution in [1.82, 2.24) is 10.3 Å². The Morgan fingerprint density at radius 1 is 1.39 bits per heavy atom. The average molecular weight is 402 g/mol. The van der Waals surface area contributed by atoms with Crippen LogP contribution in [-0.4, -0.2) is 41.4 Å². The number of hydrogen-bond acceptors (Lipinski definition) is 7. The van der Waals surface area contributed by atoms with Crippen molar-refractivity contribution < 1.29 is 23.8 Å². The lowest BCUT2D eigenvalue weighted by atomic mass is 9.90. The Kier molecular flexibility index (Phi) is 5.34. The van der Waals surface area contributed by atoms with E-state index in [-0.39, 0.29) is 12.5 Å². The summed E-state index contributed by atoms with van der Waals surface area (Å²) < 4.78 is 16.9. The summed E-state index contributed by atoms with van der Waals surface area (Å²) in [5.41, 5.74) is 0.424. The molecule has 1 saturated heterocycles. The summed E-state index contributed by atoms with van der Waals surface area (Å²) in [5.74, 6) is 0.912. The van der Waals surface area contributed by atoms with Gasteiger partial charge in [-0.3, -0.25) is 4.79 Å². The van der Waals surface area contributed by atoms with Gasteiger partial charge in [0, 0.05) is 30.2 Å². The summed E-state index contributed by atoms with van der Waals surface area (Å²) in [6.45, 7) is 3.04. The zero-order valence-electron chi connectivity index (χ0n) is 15.6. The van der Waals surface area contributed by atoms with Crippen LogP contribution in [0, 0.1) is 6.92 Å². The normalized spacial score (nSPS) is 16.2. The van der Waals surface area contributed by atoms with Gasteiger partial charge in [0.2, 0.25) is 0 Å². The number of aromatic nitrogens is 1. The molecular formula is C20H22N2O5S. The number of carbonyl (C=O) groups is 1. The molecule has 1 aliphatic heterocycles. The topological polar surface area (TPSA) is 93.8 Å². The second kappa shape index (κ2) is 7.90. The fourth-order valence-electron chi connectivity index (χ4n) is 3.43. The summed E-state index contributed by atoms with van der Waals surface area (Å²) >= 11 is 1.53. The van der Waals surface area contributed by atoms with Crippen molar-refractivity contribution >= 4 is 28.2 Å². The van der Waals surface area contributed by atoms with Gasteiger partial charge in [0.05, 0.1) is 17.7 Å². The van der Waals surface area contributed by atoms with E-state index in [1.54, 1.807) is 19.2 Å². The van der Waals surface area contributed by atoms with E-state index in [9.17, 15) is 9.90 Å². The molecule has 7 nitrogen and oxygen atoms in total. The maximum Gasteiger partial charge on any atom is 0.255 e. The number of carbonyl (C=O) groups excluding carboxylic acids is 1. The molecule has 3 heterocycles. The average Bonchev–Trinajstić information content (AvgIpc) is 3.33. The van der Waals surface area contributed by atoms with Crippen LogP contribution in [0.15, 0.2) is 34.2 Å². The Balaban J connectivity index is 1.59. The van der Waals surface area contributed by atoms with Gasteiger partial charge in [-0.25, -0.2) is 4.98 Å². The highest BCUT2D eigenvalue weighted by Gasteiger charge is 2.35. The van der Waals surface area contributed by atoms with Gasteiger partial charge in [-0.15, -0.1) is 11.3 Å². The second-order valence-corrected chi connectivity index (χ2v) is 7.89. The van der Waals surface area contributed by atoms with E-state index >= 15 is 0 Å². The smallest absolute Gasteiger partial charge is 0.255 e. The molecule has 4 rings (SSSR count). The van der Waals surface area contributed by atoms with Crippen LogP contribution in [0.2, 0.25) is 0 Å². The van der Waals surface area contributed by atoms with Crippen molar-refractivity contribution in [2.24, 2.45) is 0 Å². The molecule has 3 aromatic rings. The first kappa shape index (κ1) is 18.9. The molecule has 1 aliphatic rings. The number of furan rings is 1.